The maximum atomic E-state index is 12.3. The molecule has 0 aromatic carbocycles. The lowest BCUT2D eigenvalue weighted by Crippen LogP contribution is -2.51. The van der Waals surface area contributed by atoms with Crippen molar-refractivity contribution in [2.45, 2.75) is 50.2 Å². The number of amides is 2. The molecule has 2 aliphatic heterocycles. The maximum absolute atomic E-state index is 12.3. The fraction of sp³-hybridized carbons (Fsp3) is 0.714. The quantitative estimate of drug-likeness (QED) is 0.579. The second kappa shape index (κ2) is 6.95. The largest absolute Gasteiger partial charge is 0.480 e. The van der Waals surface area contributed by atoms with E-state index in [0.29, 0.717) is 38.8 Å². The zero-order valence-electron chi connectivity index (χ0n) is 12.7. The van der Waals surface area contributed by atoms with Crippen LogP contribution in [-0.4, -0.2) is 75.0 Å². The van der Waals surface area contributed by atoms with Gasteiger partial charge in [0.1, 0.15) is 12.1 Å². The highest BCUT2D eigenvalue weighted by Gasteiger charge is 2.39. The van der Waals surface area contributed by atoms with E-state index in [9.17, 15) is 19.2 Å². The number of carbonyl (C=O) groups excluding carboxylic acids is 2. The molecular weight excluding hydrogens is 306 g/mol. The molecule has 0 saturated carbocycles. The normalized spacial score (nSPS) is 25.4. The number of nitrogens with zero attached hydrogens (tertiary/aromatic N) is 2. The number of carboxylic acid groups (broad SMARTS) is 2. The highest BCUT2D eigenvalue weighted by Crippen LogP contribution is 2.21. The van der Waals surface area contributed by atoms with Crippen molar-refractivity contribution in [3.63, 3.8) is 0 Å². The average Bonchev–Trinajstić information content (AvgIpc) is 3.14. The molecule has 23 heavy (non-hydrogen) atoms. The van der Waals surface area contributed by atoms with Gasteiger partial charge in [-0.3, -0.25) is 9.59 Å². The minimum absolute atomic E-state index is 0.305. The molecule has 0 aromatic rings. The number of hydrogen-bond donors (Lipinski definition) is 3. The predicted molar refractivity (Wildman–Crippen MR) is 77.3 cm³/mol. The summed E-state index contributed by atoms with van der Waals surface area (Å²) >= 11 is 0. The molecule has 9 nitrogen and oxygen atoms in total. The van der Waals surface area contributed by atoms with E-state index in [1.54, 1.807) is 0 Å². The Hall–Kier alpha value is -2.16. The number of carboxylic acids is 2. The maximum Gasteiger partial charge on any atom is 0.326 e. The van der Waals surface area contributed by atoms with Crippen molar-refractivity contribution < 1.29 is 29.4 Å². The molecule has 2 fully saturated rings. The Kier molecular flexibility index (Phi) is 5.19. The Labute approximate surface area is 133 Å². The number of nitrogens with two attached hydrogens (primary N) is 1. The summed E-state index contributed by atoms with van der Waals surface area (Å²) in [6.45, 7) is 0.636. The predicted octanol–water partition coefficient (Wildman–Crippen LogP) is -1.14. The summed E-state index contributed by atoms with van der Waals surface area (Å²) < 4.78 is 0. The summed E-state index contributed by atoms with van der Waals surface area (Å²) in [7, 11) is 0. The van der Waals surface area contributed by atoms with E-state index in [4.69, 9.17) is 15.9 Å². The van der Waals surface area contributed by atoms with Crippen molar-refractivity contribution in [3.05, 3.63) is 0 Å². The van der Waals surface area contributed by atoms with Gasteiger partial charge >= 0.3 is 11.9 Å². The van der Waals surface area contributed by atoms with Crippen molar-refractivity contribution in [1.29, 1.82) is 0 Å². The Morgan fingerprint density at radius 3 is 1.96 bits per heavy atom. The third-order valence-electron chi connectivity index (χ3n) is 4.39. The van der Waals surface area contributed by atoms with Crippen LogP contribution in [0.25, 0.3) is 0 Å². The second-order valence-electron chi connectivity index (χ2n) is 5.92. The van der Waals surface area contributed by atoms with Gasteiger partial charge in [-0.2, -0.15) is 0 Å². The fourth-order valence-electron chi connectivity index (χ4n) is 3.21. The van der Waals surface area contributed by atoms with Crippen LogP contribution < -0.4 is 5.73 Å². The Morgan fingerprint density at radius 2 is 1.43 bits per heavy atom. The van der Waals surface area contributed by atoms with Crippen molar-refractivity contribution in [3.8, 4) is 0 Å². The van der Waals surface area contributed by atoms with E-state index in [2.05, 4.69) is 0 Å². The van der Waals surface area contributed by atoms with Gasteiger partial charge in [-0.25, -0.2) is 9.59 Å². The van der Waals surface area contributed by atoms with Gasteiger partial charge in [0.05, 0.1) is 12.5 Å². The van der Waals surface area contributed by atoms with Gasteiger partial charge in [0, 0.05) is 13.1 Å². The third kappa shape index (κ3) is 3.61. The SMILES string of the molecule is NC(CC(=O)N1CCCC1C(=O)O)C(=O)N1CCCC1C(=O)O. The van der Waals surface area contributed by atoms with Crippen LogP contribution in [0.3, 0.4) is 0 Å². The van der Waals surface area contributed by atoms with E-state index in [1.165, 1.54) is 9.80 Å². The van der Waals surface area contributed by atoms with Gasteiger partial charge in [0.15, 0.2) is 0 Å². The molecule has 0 spiro atoms. The molecular formula is C14H21N3O6. The van der Waals surface area contributed by atoms with Gasteiger partial charge in [0.25, 0.3) is 0 Å². The zero-order valence-corrected chi connectivity index (χ0v) is 12.7. The second-order valence-corrected chi connectivity index (χ2v) is 5.92. The van der Waals surface area contributed by atoms with Crippen LogP contribution in [0.5, 0.6) is 0 Å². The fourth-order valence-corrected chi connectivity index (χ4v) is 3.21. The van der Waals surface area contributed by atoms with E-state index >= 15 is 0 Å². The summed E-state index contributed by atoms with van der Waals surface area (Å²) in [6, 6.07) is -2.93. The number of carbonyl (C=O) groups is 4. The van der Waals surface area contributed by atoms with Crippen molar-refractivity contribution in [1.82, 2.24) is 9.80 Å². The van der Waals surface area contributed by atoms with E-state index in [1.807, 2.05) is 0 Å². The van der Waals surface area contributed by atoms with Crippen LogP contribution in [0.1, 0.15) is 32.1 Å². The van der Waals surface area contributed by atoms with Crippen LogP contribution in [0.2, 0.25) is 0 Å². The first-order chi connectivity index (χ1) is 10.8. The highest BCUT2D eigenvalue weighted by molar-refractivity contribution is 5.92. The molecule has 2 rings (SSSR count). The summed E-state index contributed by atoms with van der Waals surface area (Å²) in [5, 5.41) is 18.2. The molecule has 0 bridgehead atoms. The lowest BCUT2D eigenvalue weighted by atomic mass is 10.1. The minimum atomic E-state index is -1.16. The molecule has 4 N–H and O–H groups in total. The smallest absolute Gasteiger partial charge is 0.326 e. The Balaban J connectivity index is 1.96. The summed E-state index contributed by atoms with van der Waals surface area (Å²) in [4.78, 5) is 49.1. The van der Waals surface area contributed by atoms with Gasteiger partial charge in [-0.15, -0.1) is 0 Å². The third-order valence-corrected chi connectivity index (χ3v) is 4.39. The van der Waals surface area contributed by atoms with Gasteiger partial charge in [-0.05, 0) is 25.7 Å². The lowest BCUT2D eigenvalue weighted by Gasteiger charge is -2.26. The van der Waals surface area contributed by atoms with Crippen molar-refractivity contribution >= 4 is 23.8 Å². The Morgan fingerprint density at radius 1 is 0.957 bits per heavy atom. The Bertz CT molecular complexity index is 523. The summed E-state index contributed by atoms with van der Waals surface area (Å²) in [6.07, 6.45) is 1.62. The molecule has 0 radical (unpaired) electrons. The monoisotopic (exact) mass is 327 g/mol. The molecule has 2 aliphatic rings. The first-order valence-electron chi connectivity index (χ1n) is 7.64. The molecule has 128 valence electrons. The van der Waals surface area contributed by atoms with Crippen LogP contribution in [0, 0.1) is 0 Å². The van der Waals surface area contributed by atoms with Gasteiger partial charge < -0.3 is 25.7 Å². The van der Waals surface area contributed by atoms with E-state index in [0.717, 1.165) is 0 Å². The van der Waals surface area contributed by atoms with Crippen molar-refractivity contribution in [2.24, 2.45) is 5.73 Å². The first kappa shape index (κ1) is 17.2. The number of rotatable bonds is 5. The number of aliphatic carboxylic acids is 2. The zero-order chi connectivity index (χ0) is 17.1. The highest BCUT2D eigenvalue weighted by atomic mass is 16.4. The topological polar surface area (TPSA) is 141 Å². The number of likely N-dealkylation sites (tertiary alicyclic amines) is 2. The van der Waals surface area contributed by atoms with Crippen molar-refractivity contribution in [2.75, 3.05) is 13.1 Å². The average molecular weight is 327 g/mol. The molecule has 3 unspecified atom stereocenters. The summed E-state index contributed by atoms with van der Waals surface area (Å²) in [5.74, 6) is -3.21. The molecule has 3 atom stereocenters. The van der Waals surface area contributed by atoms with Gasteiger partial charge in [0.2, 0.25) is 11.8 Å². The van der Waals surface area contributed by atoms with Gasteiger partial charge in [-0.1, -0.05) is 0 Å². The van der Waals surface area contributed by atoms with E-state index < -0.39 is 41.9 Å². The standard InChI is InChI=1S/C14H21N3O6/c15-8(12(19)17-6-2-4-10(17)14(22)23)7-11(18)16-5-1-3-9(16)13(20)21/h8-10H,1-7,15H2,(H,20,21)(H,22,23). The molecule has 0 aromatic heterocycles. The summed E-state index contributed by atoms with van der Waals surface area (Å²) in [5.41, 5.74) is 5.77. The first-order valence-corrected chi connectivity index (χ1v) is 7.64. The van der Waals surface area contributed by atoms with Crippen LogP contribution in [0.4, 0.5) is 0 Å². The van der Waals surface area contributed by atoms with E-state index in [-0.39, 0.29) is 6.42 Å². The molecule has 2 saturated heterocycles. The molecule has 2 heterocycles. The van der Waals surface area contributed by atoms with Crippen LogP contribution in [0.15, 0.2) is 0 Å². The molecule has 2 amide bonds. The molecule has 0 aliphatic carbocycles. The minimum Gasteiger partial charge on any atom is -0.480 e. The number of hydrogen-bond acceptors (Lipinski definition) is 5. The molecule has 9 heteroatoms. The van der Waals surface area contributed by atoms with Crippen LogP contribution >= 0.6 is 0 Å². The lowest BCUT2D eigenvalue weighted by molar-refractivity contribution is -0.150. The van der Waals surface area contributed by atoms with Crippen LogP contribution in [-0.2, 0) is 19.2 Å².